The Morgan fingerprint density at radius 2 is 1.91 bits per heavy atom. The van der Waals surface area contributed by atoms with E-state index >= 15 is 0 Å². The van der Waals surface area contributed by atoms with Gasteiger partial charge in [-0.2, -0.15) is 0 Å². The van der Waals surface area contributed by atoms with Gasteiger partial charge in [0.05, 0.1) is 5.25 Å². The van der Waals surface area contributed by atoms with Gasteiger partial charge in [0, 0.05) is 30.6 Å². The maximum atomic E-state index is 12.5. The van der Waals surface area contributed by atoms with Gasteiger partial charge in [0.2, 0.25) is 11.8 Å². The topological polar surface area (TPSA) is 75.4 Å². The molecule has 1 aromatic carbocycles. The zero-order valence-electron chi connectivity index (χ0n) is 13.7. The first-order valence-electron chi connectivity index (χ1n) is 8.02. The average molecular weight is 335 g/mol. The molecule has 0 bridgehead atoms. The molecule has 5 nitrogen and oxygen atoms in total. The van der Waals surface area contributed by atoms with Gasteiger partial charge in [0.25, 0.3) is 0 Å². The average Bonchev–Trinajstić information content (AvgIpc) is 2.55. The zero-order valence-corrected chi connectivity index (χ0v) is 14.6. The number of likely N-dealkylation sites (tertiary alicyclic amines) is 1. The molecular formula is C17H25N3O2S. The molecule has 3 N–H and O–H groups in total. The van der Waals surface area contributed by atoms with Gasteiger partial charge in [-0.05, 0) is 56.5 Å². The molecule has 1 unspecified atom stereocenters. The van der Waals surface area contributed by atoms with E-state index in [1.54, 1.807) is 11.8 Å². The Hall–Kier alpha value is -1.53. The van der Waals surface area contributed by atoms with Crippen molar-refractivity contribution in [2.75, 3.05) is 25.0 Å². The standard InChI is InChI=1S/C17H25N3O2S/c1-12(17(22)20-9-7-14(11-18)8-10-20)23-16-5-3-15(4-6-16)19-13(2)21/h3-6,12,14H,7-11,18H2,1-2H3,(H,19,21). The minimum atomic E-state index is -0.115. The van der Waals surface area contributed by atoms with Gasteiger partial charge >= 0.3 is 0 Å². The number of piperidine rings is 1. The fourth-order valence-electron chi connectivity index (χ4n) is 2.72. The van der Waals surface area contributed by atoms with E-state index in [2.05, 4.69) is 5.32 Å². The van der Waals surface area contributed by atoms with Crippen molar-refractivity contribution in [3.63, 3.8) is 0 Å². The van der Waals surface area contributed by atoms with Crippen LogP contribution >= 0.6 is 11.8 Å². The van der Waals surface area contributed by atoms with Crippen molar-refractivity contribution < 1.29 is 9.59 Å². The van der Waals surface area contributed by atoms with Gasteiger partial charge < -0.3 is 16.0 Å². The molecule has 6 heteroatoms. The number of nitrogens with one attached hydrogen (secondary N) is 1. The smallest absolute Gasteiger partial charge is 0.235 e. The molecule has 1 aliphatic heterocycles. The fraction of sp³-hybridized carbons (Fsp3) is 0.529. The molecule has 0 saturated carbocycles. The van der Waals surface area contributed by atoms with Crippen molar-refractivity contribution in [2.24, 2.45) is 11.7 Å². The zero-order chi connectivity index (χ0) is 16.8. The van der Waals surface area contributed by atoms with E-state index in [1.807, 2.05) is 36.1 Å². The Bertz CT molecular complexity index is 539. The number of nitrogens with two attached hydrogens (primary N) is 1. The number of nitrogens with zero attached hydrogens (tertiary/aromatic N) is 1. The van der Waals surface area contributed by atoms with Gasteiger partial charge in [-0.25, -0.2) is 0 Å². The van der Waals surface area contributed by atoms with Crippen molar-refractivity contribution in [3.8, 4) is 0 Å². The van der Waals surface area contributed by atoms with Crippen LogP contribution in [0.3, 0.4) is 0 Å². The molecule has 126 valence electrons. The van der Waals surface area contributed by atoms with Crippen LogP contribution in [0.2, 0.25) is 0 Å². The number of carbonyl (C=O) groups excluding carboxylic acids is 2. The molecule has 1 aliphatic rings. The van der Waals surface area contributed by atoms with E-state index in [-0.39, 0.29) is 17.1 Å². The Kier molecular flexibility index (Phi) is 6.47. The van der Waals surface area contributed by atoms with Crippen LogP contribution in [-0.4, -0.2) is 41.6 Å². The molecule has 1 atom stereocenters. The van der Waals surface area contributed by atoms with Crippen LogP contribution in [0.15, 0.2) is 29.2 Å². The molecule has 2 amide bonds. The van der Waals surface area contributed by atoms with Crippen LogP contribution in [-0.2, 0) is 9.59 Å². The number of thioether (sulfide) groups is 1. The summed E-state index contributed by atoms with van der Waals surface area (Å²) in [5, 5.41) is 2.62. The quantitative estimate of drug-likeness (QED) is 0.810. The van der Waals surface area contributed by atoms with Crippen LogP contribution in [0, 0.1) is 5.92 Å². The van der Waals surface area contributed by atoms with Crippen molar-refractivity contribution >= 4 is 29.3 Å². The third-order valence-electron chi connectivity index (χ3n) is 4.09. The van der Waals surface area contributed by atoms with E-state index in [9.17, 15) is 9.59 Å². The van der Waals surface area contributed by atoms with Crippen LogP contribution in [0.5, 0.6) is 0 Å². The van der Waals surface area contributed by atoms with E-state index in [0.29, 0.717) is 12.5 Å². The molecule has 1 heterocycles. The molecule has 1 fully saturated rings. The Morgan fingerprint density at radius 3 is 2.43 bits per heavy atom. The number of rotatable bonds is 5. The first kappa shape index (κ1) is 17.8. The summed E-state index contributed by atoms with van der Waals surface area (Å²) in [5.74, 6) is 0.662. The minimum Gasteiger partial charge on any atom is -0.342 e. The van der Waals surface area contributed by atoms with Gasteiger partial charge in [-0.15, -0.1) is 11.8 Å². The molecule has 1 saturated heterocycles. The number of benzene rings is 1. The lowest BCUT2D eigenvalue weighted by Gasteiger charge is -2.33. The highest BCUT2D eigenvalue weighted by Gasteiger charge is 2.25. The molecule has 23 heavy (non-hydrogen) atoms. The lowest BCUT2D eigenvalue weighted by atomic mass is 9.97. The van der Waals surface area contributed by atoms with Crippen LogP contribution in [0.4, 0.5) is 5.69 Å². The van der Waals surface area contributed by atoms with E-state index in [1.165, 1.54) is 6.92 Å². The molecule has 0 aliphatic carbocycles. The van der Waals surface area contributed by atoms with E-state index in [0.717, 1.165) is 36.5 Å². The number of anilines is 1. The molecule has 2 rings (SSSR count). The molecule has 0 spiro atoms. The summed E-state index contributed by atoms with van der Waals surface area (Å²) in [7, 11) is 0. The SMILES string of the molecule is CC(=O)Nc1ccc(SC(C)C(=O)N2CCC(CN)CC2)cc1. The Morgan fingerprint density at radius 1 is 1.30 bits per heavy atom. The lowest BCUT2D eigenvalue weighted by molar-refractivity contribution is -0.131. The van der Waals surface area contributed by atoms with E-state index in [4.69, 9.17) is 5.73 Å². The number of hydrogen-bond acceptors (Lipinski definition) is 4. The summed E-state index contributed by atoms with van der Waals surface area (Å²) in [4.78, 5) is 26.5. The van der Waals surface area contributed by atoms with Gasteiger partial charge in [0.1, 0.15) is 0 Å². The number of hydrogen-bond donors (Lipinski definition) is 2. The summed E-state index contributed by atoms with van der Waals surface area (Å²) < 4.78 is 0. The molecule has 0 radical (unpaired) electrons. The summed E-state index contributed by atoms with van der Waals surface area (Å²) in [5.41, 5.74) is 6.46. The second-order valence-electron chi connectivity index (χ2n) is 5.97. The predicted octanol–water partition coefficient (Wildman–Crippen LogP) is 2.32. The summed E-state index contributed by atoms with van der Waals surface area (Å²) in [6.07, 6.45) is 2.01. The van der Waals surface area contributed by atoms with Gasteiger partial charge in [-0.1, -0.05) is 0 Å². The highest BCUT2D eigenvalue weighted by Crippen LogP contribution is 2.27. The highest BCUT2D eigenvalue weighted by atomic mass is 32.2. The lowest BCUT2D eigenvalue weighted by Crippen LogP contribution is -2.43. The third-order valence-corrected chi connectivity index (χ3v) is 5.19. The first-order valence-corrected chi connectivity index (χ1v) is 8.90. The van der Waals surface area contributed by atoms with E-state index < -0.39 is 0 Å². The number of carbonyl (C=O) groups is 2. The normalized spacial score (nSPS) is 16.9. The fourth-order valence-corrected chi connectivity index (χ4v) is 3.67. The maximum absolute atomic E-state index is 12.5. The third kappa shape index (κ3) is 5.25. The predicted molar refractivity (Wildman–Crippen MR) is 94.4 cm³/mol. The van der Waals surface area contributed by atoms with Crippen molar-refractivity contribution in [2.45, 2.75) is 36.8 Å². The molecule has 0 aromatic heterocycles. The van der Waals surface area contributed by atoms with Crippen LogP contribution < -0.4 is 11.1 Å². The van der Waals surface area contributed by atoms with Crippen molar-refractivity contribution in [3.05, 3.63) is 24.3 Å². The minimum absolute atomic E-state index is 0.0881. The molecule has 1 aromatic rings. The van der Waals surface area contributed by atoms with Crippen molar-refractivity contribution in [1.29, 1.82) is 0 Å². The first-order chi connectivity index (χ1) is 11.0. The largest absolute Gasteiger partial charge is 0.342 e. The Labute approximate surface area is 142 Å². The summed E-state index contributed by atoms with van der Waals surface area (Å²) >= 11 is 1.55. The maximum Gasteiger partial charge on any atom is 0.235 e. The van der Waals surface area contributed by atoms with Crippen LogP contribution in [0.1, 0.15) is 26.7 Å². The summed E-state index contributed by atoms with van der Waals surface area (Å²) in [6.45, 7) is 5.77. The highest BCUT2D eigenvalue weighted by molar-refractivity contribution is 8.00. The van der Waals surface area contributed by atoms with Crippen molar-refractivity contribution in [1.82, 2.24) is 4.90 Å². The Balaban J connectivity index is 1.87. The summed E-state index contributed by atoms with van der Waals surface area (Å²) in [6, 6.07) is 7.57. The second-order valence-corrected chi connectivity index (χ2v) is 7.38. The monoisotopic (exact) mass is 335 g/mol. The molecular weight excluding hydrogens is 310 g/mol. The van der Waals surface area contributed by atoms with Gasteiger partial charge in [0.15, 0.2) is 0 Å². The van der Waals surface area contributed by atoms with Crippen LogP contribution in [0.25, 0.3) is 0 Å². The second kappa shape index (κ2) is 8.36. The van der Waals surface area contributed by atoms with Gasteiger partial charge in [-0.3, -0.25) is 9.59 Å². The number of amides is 2.